The van der Waals surface area contributed by atoms with Gasteiger partial charge in [-0.15, -0.1) is 0 Å². The van der Waals surface area contributed by atoms with Crippen LogP contribution in [0.3, 0.4) is 0 Å². The molecule has 1 fully saturated rings. The van der Waals surface area contributed by atoms with Gasteiger partial charge in [0.15, 0.2) is 10.9 Å². The Labute approximate surface area is 225 Å². The summed E-state index contributed by atoms with van der Waals surface area (Å²) in [5.41, 5.74) is 10.9. The second kappa shape index (κ2) is 10.7. The van der Waals surface area contributed by atoms with Crippen LogP contribution in [0.15, 0.2) is 55.0 Å². The number of nitrogens with one attached hydrogen (secondary N) is 4. The highest BCUT2D eigenvalue weighted by Gasteiger charge is 2.28. The van der Waals surface area contributed by atoms with Gasteiger partial charge in [0.25, 0.3) is 5.91 Å². The molecule has 1 aromatic carbocycles. The lowest BCUT2D eigenvalue weighted by molar-refractivity contribution is -0.126. The summed E-state index contributed by atoms with van der Waals surface area (Å²) in [4.78, 5) is 34.5. The summed E-state index contributed by atoms with van der Waals surface area (Å²) in [5, 5.41) is 6.84. The number of hydrogen-bond donors (Lipinski definition) is 4. The molecule has 5 rings (SSSR count). The first-order valence-electron chi connectivity index (χ1n) is 11.9. The zero-order valence-electron chi connectivity index (χ0n) is 20.1. The predicted octanol–water partition coefficient (Wildman–Crippen LogP) is 2.77. The van der Waals surface area contributed by atoms with Crippen molar-refractivity contribution in [2.45, 2.75) is 31.3 Å². The van der Waals surface area contributed by atoms with E-state index >= 15 is 0 Å². The molecule has 1 aliphatic carbocycles. The van der Waals surface area contributed by atoms with Gasteiger partial charge in [-0.2, -0.15) is 0 Å². The molecule has 0 bridgehead atoms. The number of carbonyl (C=O) groups excluding carboxylic acids is 2. The lowest BCUT2D eigenvalue weighted by atomic mass is 9.96. The van der Waals surface area contributed by atoms with Crippen molar-refractivity contribution >= 4 is 46.6 Å². The molecule has 9 nitrogen and oxygen atoms in total. The van der Waals surface area contributed by atoms with Crippen LogP contribution in [-0.4, -0.2) is 51.4 Å². The van der Waals surface area contributed by atoms with Gasteiger partial charge < -0.3 is 15.5 Å². The summed E-state index contributed by atoms with van der Waals surface area (Å²) in [6.07, 6.45) is 7.27. The molecule has 11 heteroatoms. The number of fused-ring (bicyclic) bond motifs is 2. The number of hydrazine groups is 1. The maximum absolute atomic E-state index is 12.6. The van der Waals surface area contributed by atoms with E-state index in [9.17, 15) is 9.59 Å². The van der Waals surface area contributed by atoms with E-state index in [2.05, 4.69) is 49.7 Å². The highest BCUT2D eigenvalue weighted by Crippen LogP contribution is 2.32. The Morgan fingerprint density at radius 3 is 2.65 bits per heavy atom. The van der Waals surface area contributed by atoms with Gasteiger partial charge in [0.1, 0.15) is 0 Å². The third-order valence-electron chi connectivity index (χ3n) is 6.64. The van der Waals surface area contributed by atoms with E-state index < -0.39 is 0 Å². The number of pyridine rings is 2. The number of anilines is 1. The normalized spacial score (nSPS) is 18.3. The van der Waals surface area contributed by atoms with Gasteiger partial charge in [0.05, 0.1) is 22.7 Å². The van der Waals surface area contributed by atoms with E-state index in [-0.39, 0.29) is 35.3 Å². The second-order valence-corrected chi connectivity index (χ2v) is 9.95. The molecule has 37 heavy (non-hydrogen) atoms. The SMILES string of the molecule is CN1C[C@H](NC(=O)c2cnc(NNC(=S)NC3c4ccccc4CCc4ccncc43)c(Cl)c2)CC1=O. The first kappa shape index (κ1) is 24.9. The van der Waals surface area contributed by atoms with Crippen LogP contribution in [0, 0.1) is 0 Å². The van der Waals surface area contributed by atoms with Crippen LogP contribution in [0.5, 0.6) is 0 Å². The van der Waals surface area contributed by atoms with Gasteiger partial charge in [0.2, 0.25) is 5.91 Å². The summed E-state index contributed by atoms with van der Waals surface area (Å²) in [7, 11) is 1.71. The van der Waals surface area contributed by atoms with Crippen LogP contribution in [0.1, 0.15) is 45.1 Å². The van der Waals surface area contributed by atoms with Crippen molar-refractivity contribution in [2.24, 2.45) is 0 Å². The smallest absolute Gasteiger partial charge is 0.253 e. The van der Waals surface area contributed by atoms with Crippen LogP contribution in [0.25, 0.3) is 0 Å². The number of nitrogens with zero attached hydrogens (tertiary/aromatic N) is 3. The van der Waals surface area contributed by atoms with Gasteiger partial charge in [0, 0.05) is 44.2 Å². The monoisotopic (exact) mass is 535 g/mol. The zero-order valence-corrected chi connectivity index (χ0v) is 21.7. The first-order chi connectivity index (χ1) is 17.9. The Hall–Kier alpha value is -3.76. The summed E-state index contributed by atoms with van der Waals surface area (Å²) >= 11 is 12.0. The number of carbonyl (C=O) groups is 2. The largest absolute Gasteiger partial charge is 0.350 e. The van der Waals surface area contributed by atoms with Crippen molar-refractivity contribution in [3.05, 3.63) is 87.8 Å². The molecule has 2 aromatic heterocycles. The number of rotatable bonds is 5. The van der Waals surface area contributed by atoms with Gasteiger partial charge in [-0.05, 0) is 53.9 Å². The summed E-state index contributed by atoms with van der Waals surface area (Å²) < 4.78 is 0. The molecule has 1 saturated heterocycles. The van der Waals surface area contributed by atoms with E-state index in [1.54, 1.807) is 11.9 Å². The molecule has 2 atom stereocenters. The maximum atomic E-state index is 12.6. The molecular formula is C26H26ClN7O2S. The fourth-order valence-corrected chi connectivity index (χ4v) is 5.11. The van der Waals surface area contributed by atoms with Crippen molar-refractivity contribution in [3.8, 4) is 0 Å². The minimum Gasteiger partial charge on any atom is -0.350 e. The van der Waals surface area contributed by atoms with Gasteiger partial charge >= 0.3 is 0 Å². The van der Waals surface area contributed by atoms with Crippen LogP contribution >= 0.6 is 23.8 Å². The lowest BCUT2D eigenvalue weighted by Crippen LogP contribution is -2.41. The number of amides is 2. The number of hydrogen-bond acceptors (Lipinski definition) is 6. The summed E-state index contributed by atoms with van der Waals surface area (Å²) in [6.45, 7) is 0.478. The average molecular weight is 536 g/mol. The van der Waals surface area contributed by atoms with Gasteiger partial charge in [-0.25, -0.2) is 4.98 Å². The van der Waals surface area contributed by atoms with Crippen LogP contribution in [0.2, 0.25) is 5.02 Å². The minimum atomic E-state index is -0.335. The molecule has 190 valence electrons. The molecule has 1 aliphatic heterocycles. The average Bonchev–Trinajstić information content (AvgIpc) is 3.12. The predicted molar refractivity (Wildman–Crippen MR) is 145 cm³/mol. The van der Waals surface area contributed by atoms with Crippen molar-refractivity contribution in [1.82, 2.24) is 30.9 Å². The van der Waals surface area contributed by atoms with Gasteiger partial charge in [-0.1, -0.05) is 35.9 Å². The Bertz CT molecular complexity index is 1320. The van der Waals surface area contributed by atoms with E-state index in [0.29, 0.717) is 23.0 Å². The number of benzene rings is 1. The summed E-state index contributed by atoms with van der Waals surface area (Å²) in [6, 6.07) is 11.5. The third kappa shape index (κ3) is 5.50. The minimum absolute atomic E-state index is 0.00347. The fourth-order valence-electron chi connectivity index (χ4n) is 4.73. The molecule has 3 aromatic rings. The van der Waals surface area contributed by atoms with E-state index in [1.807, 2.05) is 24.5 Å². The van der Waals surface area contributed by atoms with Crippen molar-refractivity contribution in [1.29, 1.82) is 0 Å². The standard InChI is InChI=1S/C26H26ClN7O2S/c1-34-14-18(11-22(34)35)30-25(36)17-10-21(27)24(29-12-17)32-33-26(37)31-23-19-5-3-2-4-15(19)6-7-16-8-9-28-13-20(16)23/h2-5,8-10,12-13,18,23H,6-7,11,14H2,1H3,(H,29,32)(H,30,36)(H2,31,33,37)/t18-,23?/m1/s1. The Morgan fingerprint density at radius 1 is 1.11 bits per heavy atom. The molecule has 2 aliphatic rings. The van der Waals surface area contributed by atoms with E-state index in [0.717, 1.165) is 24.0 Å². The number of likely N-dealkylation sites (tertiary alicyclic amines) is 1. The van der Waals surface area contributed by atoms with Crippen LogP contribution < -0.4 is 21.5 Å². The number of aromatic nitrogens is 2. The van der Waals surface area contributed by atoms with E-state index in [4.69, 9.17) is 23.8 Å². The second-order valence-electron chi connectivity index (χ2n) is 9.13. The van der Waals surface area contributed by atoms with Gasteiger partial charge in [-0.3, -0.25) is 25.4 Å². The van der Waals surface area contributed by atoms with Crippen molar-refractivity contribution in [3.63, 3.8) is 0 Å². The molecule has 0 radical (unpaired) electrons. The number of likely N-dealkylation sites (N-methyl/N-ethyl adjacent to an activating group) is 1. The zero-order chi connectivity index (χ0) is 25.9. The highest BCUT2D eigenvalue weighted by molar-refractivity contribution is 7.80. The first-order valence-corrected chi connectivity index (χ1v) is 12.7. The molecule has 1 unspecified atom stereocenters. The molecule has 2 amide bonds. The maximum Gasteiger partial charge on any atom is 0.253 e. The Morgan fingerprint density at radius 2 is 1.89 bits per heavy atom. The highest BCUT2D eigenvalue weighted by atomic mass is 35.5. The van der Waals surface area contributed by atoms with E-state index in [1.165, 1.54) is 23.4 Å². The number of aryl methyl sites for hydroxylation is 2. The third-order valence-corrected chi connectivity index (χ3v) is 7.14. The lowest BCUT2D eigenvalue weighted by Gasteiger charge is -2.23. The molecule has 0 saturated carbocycles. The van der Waals surface area contributed by atoms with Crippen LogP contribution in [0.4, 0.5) is 5.82 Å². The molecule has 3 heterocycles. The van der Waals surface area contributed by atoms with Crippen LogP contribution in [-0.2, 0) is 17.6 Å². The molecule has 4 N–H and O–H groups in total. The number of halogens is 1. The number of thiocarbonyl (C=S) groups is 1. The topological polar surface area (TPSA) is 111 Å². The molecule has 0 spiro atoms. The Kier molecular flexibility index (Phi) is 7.20. The van der Waals surface area contributed by atoms with Crippen molar-refractivity contribution in [2.75, 3.05) is 19.0 Å². The Balaban J connectivity index is 1.24. The molecular weight excluding hydrogens is 510 g/mol. The van der Waals surface area contributed by atoms with Crippen molar-refractivity contribution < 1.29 is 9.59 Å². The quantitative estimate of drug-likeness (QED) is 0.291. The fraction of sp³-hybridized carbons (Fsp3) is 0.269. The summed E-state index contributed by atoms with van der Waals surface area (Å²) in [5.74, 6) is -0.0104.